The first-order valence-corrected chi connectivity index (χ1v) is 5.68. The molecule has 0 heterocycles. The Labute approximate surface area is 93.1 Å². The fraction of sp³-hybridized carbons (Fsp3) is 0.538. The van der Waals surface area contributed by atoms with Gasteiger partial charge in [0.2, 0.25) is 0 Å². The third kappa shape index (κ3) is 2.78. The van der Waals surface area contributed by atoms with Crippen molar-refractivity contribution in [2.24, 2.45) is 5.41 Å². The molecule has 0 saturated carbocycles. The van der Waals surface area contributed by atoms with E-state index in [1.165, 1.54) is 12.0 Å². The molecule has 14 heavy (non-hydrogen) atoms. The molecule has 0 bridgehead atoms. The van der Waals surface area contributed by atoms with Crippen molar-refractivity contribution in [3.05, 3.63) is 29.8 Å². The Morgan fingerprint density at radius 3 is 2.00 bits per heavy atom. The van der Waals surface area contributed by atoms with E-state index < -0.39 is 0 Å². The average molecular weight is 208 g/mol. The van der Waals surface area contributed by atoms with Gasteiger partial charge in [-0.15, -0.1) is 12.6 Å². The summed E-state index contributed by atoms with van der Waals surface area (Å²) in [5, 5.41) is 0. The van der Waals surface area contributed by atoms with Crippen LogP contribution in [0.3, 0.4) is 0 Å². The second-order valence-electron chi connectivity index (χ2n) is 4.92. The first-order chi connectivity index (χ1) is 6.45. The van der Waals surface area contributed by atoms with Gasteiger partial charge in [-0.2, -0.15) is 0 Å². The third-order valence-corrected chi connectivity index (χ3v) is 3.05. The molecule has 0 aliphatic rings. The van der Waals surface area contributed by atoms with E-state index >= 15 is 0 Å². The van der Waals surface area contributed by atoms with Crippen LogP contribution in [0.2, 0.25) is 0 Å². The summed E-state index contributed by atoms with van der Waals surface area (Å²) in [7, 11) is 0. The van der Waals surface area contributed by atoms with Gasteiger partial charge in [0.05, 0.1) is 0 Å². The molecule has 0 amide bonds. The lowest BCUT2D eigenvalue weighted by molar-refractivity contribution is 0.312. The quantitative estimate of drug-likeness (QED) is 0.679. The molecular weight excluding hydrogens is 188 g/mol. The second kappa shape index (κ2) is 4.39. The maximum Gasteiger partial charge on any atom is 0.00401 e. The van der Waals surface area contributed by atoms with Crippen LogP contribution in [0.25, 0.3) is 0 Å². The number of benzene rings is 1. The van der Waals surface area contributed by atoms with Crippen LogP contribution in [0.5, 0.6) is 0 Å². The Bertz CT molecular complexity index is 279. The largest absolute Gasteiger partial charge is 0.143 e. The molecular formula is C13H20S. The summed E-state index contributed by atoms with van der Waals surface area (Å²) in [6.45, 7) is 9.16. The van der Waals surface area contributed by atoms with Gasteiger partial charge >= 0.3 is 0 Å². The predicted octanol–water partition coefficient (Wildman–Crippen LogP) is 4.52. The van der Waals surface area contributed by atoms with Gasteiger partial charge in [0.25, 0.3) is 0 Å². The van der Waals surface area contributed by atoms with Crippen LogP contribution in [0, 0.1) is 5.41 Å². The van der Waals surface area contributed by atoms with Gasteiger partial charge in [0.1, 0.15) is 0 Å². The highest BCUT2D eigenvalue weighted by molar-refractivity contribution is 7.80. The molecule has 1 aromatic carbocycles. The molecule has 1 aromatic rings. The molecule has 1 unspecified atom stereocenters. The van der Waals surface area contributed by atoms with Gasteiger partial charge in [0.15, 0.2) is 0 Å². The smallest absolute Gasteiger partial charge is 0.00401 e. The lowest BCUT2D eigenvalue weighted by Gasteiger charge is -2.30. The van der Waals surface area contributed by atoms with Gasteiger partial charge in [-0.25, -0.2) is 0 Å². The van der Waals surface area contributed by atoms with Gasteiger partial charge in [0, 0.05) is 4.90 Å². The van der Waals surface area contributed by atoms with Crippen LogP contribution in [0.15, 0.2) is 29.2 Å². The van der Waals surface area contributed by atoms with E-state index in [0.717, 1.165) is 4.90 Å². The highest BCUT2D eigenvalue weighted by Gasteiger charge is 2.23. The zero-order valence-corrected chi connectivity index (χ0v) is 10.4. The Hall–Kier alpha value is -0.430. The first-order valence-electron chi connectivity index (χ1n) is 5.24. The number of hydrogen-bond donors (Lipinski definition) is 1. The van der Waals surface area contributed by atoms with Crippen molar-refractivity contribution in [2.75, 3.05) is 0 Å². The molecule has 0 radical (unpaired) electrons. The summed E-state index contributed by atoms with van der Waals surface area (Å²) in [5.74, 6) is 0.636. The van der Waals surface area contributed by atoms with E-state index in [-0.39, 0.29) is 0 Å². The van der Waals surface area contributed by atoms with E-state index in [2.05, 4.69) is 64.6 Å². The van der Waals surface area contributed by atoms with E-state index in [9.17, 15) is 0 Å². The van der Waals surface area contributed by atoms with Crippen LogP contribution < -0.4 is 0 Å². The summed E-state index contributed by atoms with van der Waals surface area (Å²) in [6, 6.07) is 8.54. The van der Waals surface area contributed by atoms with Crippen LogP contribution in [-0.2, 0) is 0 Å². The van der Waals surface area contributed by atoms with Gasteiger partial charge in [-0.05, 0) is 35.4 Å². The molecule has 0 fully saturated rings. The van der Waals surface area contributed by atoms with E-state index in [1.807, 2.05) is 0 Å². The Balaban J connectivity index is 2.96. The van der Waals surface area contributed by atoms with Crippen molar-refractivity contribution >= 4 is 12.6 Å². The number of thiol groups is 1. The Morgan fingerprint density at radius 1 is 1.14 bits per heavy atom. The summed E-state index contributed by atoms with van der Waals surface area (Å²) >= 11 is 4.30. The number of rotatable bonds is 2. The lowest BCUT2D eigenvalue weighted by Crippen LogP contribution is -2.17. The van der Waals surface area contributed by atoms with Crippen LogP contribution in [-0.4, -0.2) is 0 Å². The maximum atomic E-state index is 4.30. The predicted molar refractivity (Wildman–Crippen MR) is 66.2 cm³/mol. The van der Waals surface area contributed by atoms with E-state index in [4.69, 9.17) is 0 Å². The van der Waals surface area contributed by atoms with E-state index in [0.29, 0.717) is 11.3 Å². The van der Waals surface area contributed by atoms with Crippen LogP contribution >= 0.6 is 12.6 Å². The maximum absolute atomic E-state index is 4.30. The molecule has 1 atom stereocenters. The standard InChI is InChI=1S/C13H20S/c1-5-12(13(2,3)4)10-6-8-11(14)9-7-10/h6-9,12,14H,5H2,1-4H3. The van der Waals surface area contributed by atoms with Crippen molar-refractivity contribution in [3.8, 4) is 0 Å². The molecule has 0 saturated heterocycles. The third-order valence-electron chi connectivity index (χ3n) is 2.75. The molecule has 0 N–H and O–H groups in total. The second-order valence-corrected chi connectivity index (χ2v) is 5.43. The minimum absolute atomic E-state index is 0.340. The molecule has 0 aliphatic carbocycles. The normalized spacial score (nSPS) is 14.1. The Morgan fingerprint density at radius 2 is 1.64 bits per heavy atom. The van der Waals surface area contributed by atoms with Gasteiger partial charge in [-0.3, -0.25) is 0 Å². The van der Waals surface area contributed by atoms with Crippen molar-refractivity contribution < 1.29 is 0 Å². The topological polar surface area (TPSA) is 0 Å². The monoisotopic (exact) mass is 208 g/mol. The molecule has 78 valence electrons. The van der Waals surface area contributed by atoms with E-state index in [1.54, 1.807) is 0 Å². The molecule has 0 nitrogen and oxygen atoms in total. The SMILES string of the molecule is CCC(c1ccc(S)cc1)C(C)(C)C. The zero-order chi connectivity index (χ0) is 10.8. The van der Waals surface area contributed by atoms with Crippen LogP contribution in [0.4, 0.5) is 0 Å². The summed E-state index contributed by atoms with van der Waals surface area (Å²) in [4.78, 5) is 1.04. The molecule has 1 heteroatoms. The van der Waals surface area contributed by atoms with Gasteiger partial charge < -0.3 is 0 Å². The summed E-state index contributed by atoms with van der Waals surface area (Å²) in [6.07, 6.45) is 1.19. The molecule has 0 aliphatic heterocycles. The van der Waals surface area contributed by atoms with Crippen molar-refractivity contribution in [3.63, 3.8) is 0 Å². The highest BCUT2D eigenvalue weighted by atomic mass is 32.1. The summed E-state index contributed by atoms with van der Waals surface area (Å²) < 4.78 is 0. The fourth-order valence-corrected chi connectivity index (χ4v) is 2.20. The minimum atomic E-state index is 0.340. The first kappa shape index (κ1) is 11.6. The molecule has 0 aromatic heterocycles. The highest BCUT2D eigenvalue weighted by Crippen LogP contribution is 2.37. The lowest BCUT2D eigenvalue weighted by atomic mass is 9.75. The average Bonchev–Trinajstić information content (AvgIpc) is 2.07. The Kier molecular flexibility index (Phi) is 3.65. The fourth-order valence-electron chi connectivity index (χ4n) is 2.05. The van der Waals surface area contributed by atoms with Crippen molar-refractivity contribution in [1.82, 2.24) is 0 Å². The summed E-state index contributed by atoms with van der Waals surface area (Å²) in [5.41, 5.74) is 1.77. The van der Waals surface area contributed by atoms with Crippen molar-refractivity contribution in [2.45, 2.75) is 44.9 Å². The zero-order valence-electron chi connectivity index (χ0n) is 9.54. The van der Waals surface area contributed by atoms with Crippen molar-refractivity contribution in [1.29, 1.82) is 0 Å². The van der Waals surface area contributed by atoms with Gasteiger partial charge in [-0.1, -0.05) is 39.8 Å². The minimum Gasteiger partial charge on any atom is -0.143 e. The number of hydrogen-bond acceptors (Lipinski definition) is 1. The molecule has 0 spiro atoms. The van der Waals surface area contributed by atoms with Crippen LogP contribution in [0.1, 0.15) is 45.6 Å². The molecule has 1 rings (SSSR count).